The molecule has 0 aliphatic carbocycles. The molecule has 0 saturated carbocycles. The van der Waals surface area contributed by atoms with Gasteiger partial charge >= 0.3 is 0 Å². The number of nitrogens with zero attached hydrogens (tertiary/aromatic N) is 2. The summed E-state index contributed by atoms with van der Waals surface area (Å²) in [5.41, 5.74) is 2.32. The Hall–Kier alpha value is -3.10. The molecule has 29 heavy (non-hydrogen) atoms. The summed E-state index contributed by atoms with van der Waals surface area (Å²) < 4.78 is 33.7. The van der Waals surface area contributed by atoms with E-state index in [-0.39, 0.29) is 11.4 Å². The fraction of sp³-hybridized carbons (Fsp3) is 0.143. The Balaban J connectivity index is 1.63. The zero-order valence-corrected chi connectivity index (χ0v) is 16.3. The summed E-state index contributed by atoms with van der Waals surface area (Å²) in [4.78, 5) is 16.9. The second-order valence-electron chi connectivity index (χ2n) is 6.35. The number of aromatic nitrogens is 2. The highest BCUT2D eigenvalue weighted by molar-refractivity contribution is 7.13. The van der Waals surface area contributed by atoms with Gasteiger partial charge in [-0.1, -0.05) is 18.2 Å². The molecule has 8 heteroatoms. The molecule has 5 nitrogen and oxygen atoms in total. The van der Waals surface area contributed by atoms with E-state index in [0.717, 1.165) is 28.7 Å². The summed E-state index contributed by atoms with van der Waals surface area (Å²) in [6, 6.07) is 13.2. The quantitative estimate of drug-likeness (QED) is 0.487. The number of thiazole rings is 1. The Morgan fingerprint density at radius 1 is 1.17 bits per heavy atom. The van der Waals surface area contributed by atoms with E-state index in [9.17, 15) is 13.6 Å². The van der Waals surface area contributed by atoms with Crippen LogP contribution in [-0.4, -0.2) is 29.2 Å². The predicted octanol–water partition coefficient (Wildman–Crippen LogP) is 4.94. The average Bonchev–Trinajstić information content (AvgIpc) is 3.34. The largest absolute Gasteiger partial charge is 0.383 e. The van der Waals surface area contributed by atoms with Crippen molar-refractivity contribution >= 4 is 33.8 Å². The standard InChI is InChI=1S/C21H17F2N3O2S/c1-28-9-8-26-18-5-3-2-4-13(18)10-19(26)21-25-17(12-29-21)20(27)24-14-6-7-15(22)16(23)11-14/h2-7,10-12H,8-9H2,1H3,(H,24,27). The maximum absolute atomic E-state index is 13.4. The number of ether oxygens (including phenoxy) is 1. The van der Waals surface area contributed by atoms with Crippen LogP contribution in [0.5, 0.6) is 0 Å². The van der Waals surface area contributed by atoms with Crippen molar-refractivity contribution in [2.75, 3.05) is 19.0 Å². The molecule has 0 aliphatic heterocycles. The van der Waals surface area contributed by atoms with Crippen LogP contribution < -0.4 is 5.32 Å². The third kappa shape index (κ3) is 3.90. The van der Waals surface area contributed by atoms with Crippen molar-refractivity contribution in [2.45, 2.75) is 6.54 Å². The third-order valence-electron chi connectivity index (χ3n) is 4.46. The first-order valence-electron chi connectivity index (χ1n) is 8.86. The minimum atomic E-state index is -1.02. The van der Waals surface area contributed by atoms with E-state index in [2.05, 4.69) is 14.9 Å². The number of para-hydroxylation sites is 1. The number of anilines is 1. The molecule has 2 aromatic carbocycles. The number of halogens is 2. The Labute approximate surface area is 169 Å². The molecule has 2 aromatic heterocycles. The van der Waals surface area contributed by atoms with Gasteiger partial charge in [0, 0.05) is 41.7 Å². The van der Waals surface area contributed by atoms with Crippen LogP contribution in [0.2, 0.25) is 0 Å². The summed E-state index contributed by atoms with van der Waals surface area (Å²) in [6.45, 7) is 1.19. The molecule has 1 amide bonds. The number of fused-ring (bicyclic) bond motifs is 1. The van der Waals surface area contributed by atoms with Crippen molar-refractivity contribution in [1.82, 2.24) is 9.55 Å². The van der Waals surface area contributed by atoms with Gasteiger partial charge in [0.05, 0.1) is 12.3 Å². The van der Waals surface area contributed by atoms with Crippen LogP contribution in [0.25, 0.3) is 21.6 Å². The van der Waals surface area contributed by atoms with Crippen LogP contribution in [0.15, 0.2) is 53.9 Å². The topological polar surface area (TPSA) is 56.2 Å². The summed E-state index contributed by atoms with van der Waals surface area (Å²) >= 11 is 1.34. The van der Waals surface area contributed by atoms with E-state index in [4.69, 9.17) is 4.74 Å². The van der Waals surface area contributed by atoms with Crippen molar-refractivity contribution < 1.29 is 18.3 Å². The predicted molar refractivity (Wildman–Crippen MR) is 109 cm³/mol. The number of hydrogen-bond donors (Lipinski definition) is 1. The Morgan fingerprint density at radius 3 is 2.79 bits per heavy atom. The number of hydrogen-bond acceptors (Lipinski definition) is 4. The molecule has 4 rings (SSSR count). The van der Waals surface area contributed by atoms with Gasteiger partial charge in [0.2, 0.25) is 0 Å². The van der Waals surface area contributed by atoms with Gasteiger partial charge < -0.3 is 14.6 Å². The van der Waals surface area contributed by atoms with E-state index in [1.165, 1.54) is 17.4 Å². The SMILES string of the molecule is COCCn1c(-c2nc(C(=O)Nc3ccc(F)c(F)c3)cs2)cc2ccccc21. The number of amides is 1. The maximum Gasteiger partial charge on any atom is 0.275 e. The second kappa shape index (κ2) is 8.10. The monoisotopic (exact) mass is 413 g/mol. The second-order valence-corrected chi connectivity index (χ2v) is 7.21. The summed E-state index contributed by atoms with van der Waals surface area (Å²) in [6.07, 6.45) is 0. The number of nitrogens with one attached hydrogen (secondary N) is 1. The van der Waals surface area contributed by atoms with E-state index >= 15 is 0 Å². The van der Waals surface area contributed by atoms with Crippen molar-refractivity contribution in [3.8, 4) is 10.7 Å². The highest BCUT2D eigenvalue weighted by atomic mass is 32.1. The van der Waals surface area contributed by atoms with Crippen LogP contribution >= 0.6 is 11.3 Å². The van der Waals surface area contributed by atoms with Crippen molar-refractivity contribution in [2.24, 2.45) is 0 Å². The Bertz CT molecular complexity index is 1190. The third-order valence-corrected chi connectivity index (χ3v) is 5.33. The van der Waals surface area contributed by atoms with Gasteiger partial charge in [0.25, 0.3) is 5.91 Å². The first-order chi connectivity index (χ1) is 14.1. The Morgan fingerprint density at radius 2 is 2.00 bits per heavy atom. The minimum Gasteiger partial charge on any atom is -0.383 e. The lowest BCUT2D eigenvalue weighted by atomic mass is 10.2. The molecule has 0 bridgehead atoms. The van der Waals surface area contributed by atoms with Gasteiger partial charge in [0.15, 0.2) is 11.6 Å². The molecule has 0 unspecified atom stereocenters. The molecule has 0 spiro atoms. The molecule has 4 aromatic rings. The number of carbonyl (C=O) groups excluding carboxylic acids is 1. The van der Waals surface area contributed by atoms with E-state index in [1.54, 1.807) is 12.5 Å². The maximum atomic E-state index is 13.4. The minimum absolute atomic E-state index is 0.164. The molecule has 0 fully saturated rings. The number of carbonyl (C=O) groups is 1. The highest BCUT2D eigenvalue weighted by Gasteiger charge is 2.17. The van der Waals surface area contributed by atoms with Gasteiger partial charge in [-0.2, -0.15) is 0 Å². The molecule has 0 saturated heterocycles. The number of methoxy groups -OCH3 is 1. The van der Waals surface area contributed by atoms with Crippen molar-refractivity contribution in [3.63, 3.8) is 0 Å². The number of benzene rings is 2. The first kappa shape index (κ1) is 19.2. The smallest absolute Gasteiger partial charge is 0.275 e. The van der Waals surface area contributed by atoms with E-state index < -0.39 is 17.5 Å². The van der Waals surface area contributed by atoms with Crippen LogP contribution in [0.3, 0.4) is 0 Å². The molecule has 1 N–H and O–H groups in total. The van der Waals surface area contributed by atoms with Gasteiger partial charge in [-0.05, 0) is 24.3 Å². The molecule has 0 radical (unpaired) electrons. The van der Waals surface area contributed by atoms with Gasteiger partial charge in [-0.25, -0.2) is 13.8 Å². The summed E-state index contributed by atoms with van der Waals surface area (Å²) in [7, 11) is 1.65. The molecule has 0 atom stereocenters. The van der Waals surface area contributed by atoms with E-state index in [1.807, 2.05) is 30.3 Å². The van der Waals surface area contributed by atoms with E-state index in [0.29, 0.717) is 18.2 Å². The highest BCUT2D eigenvalue weighted by Crippen LogP contribution is 2.30. The molecule has 0 aliphatic rings. The van der Waals surface area contributed by atoms with Gasteiger partial charge in [-0.3, -0.25) is 4.79 Å². The lowest BCUT2D eigenvalue weighted by molar-refractivity contribution is 0.102. The fourth-order valence-electron chi connectivity index (χ4n) is 3.08. The number of rotatable bonds is 6. The zero-order chi connectivity index (χ0) is 20.4. The van der Waals surface area contributed by atoms with Crippen LogP contribution in [0.1, 0.15) is 10.5 Å². The lowest BCUT2D eigenvalue weighted by Gasteiger charge is -2.08. The molecule has 2 heterocycles. The zero-order valence-electron chi connectivity index (χ0n) is 15.5. The first-order valence-corrected chi connectivity index (χ1v) is 9.74. The summed E-state index contributed by atoms with van der Waals surface area (Å²) in [5.74, 6) is -2.48. The molecular formula is C21H17F2N3O2S. The normalized spacial score (nSPS) is 11.1. The van der Waals surface area contributed by atoms with Crippen LogP contribution in [0.4, 0.5) is 14.5 Å². The Kier molecular flexibility index (Phi) is 5.37. The lowest BCUT2D eigenvalue weighted by Crippen LogP contribution is -2.12. The van der Waals surface area contributed by atoms with Crippen LogP contribution in [-0.2, 0) is 11.3 Å². The van der Waals surface area contributed by atoms with Crippen molar-refractivity contribution in [1.29, 1.82) is 0 Å². The fourth-order valence-corrected chi connectivity index (χ4v) is 3.90. The van der Waals surface area contributed by atoms with Crippen molar-refractivity contribution in [3.05, 3.63) is 71.2 Å². The molecular weight excluding hydrogens is 396 g/mol. The van der Waals surface area contributed by atoms with Gasteiger partial charge in [-0.15, -0.1) is 11.3 Å². The van der Waals surface area contributed by atoms with Crippen LogP contribution in [0, 0.1) is 11.6 Å². The molecule has 148 valence electrons. The van der Waals surface area contributed by atoms with Gasteiger partial charge in [0.1, 0.15) is 10.7 Å². The summed E-state index contributed by atoms with van der Waals surface area (Å²) in [5, 5.41) is 5.94. The average molecular weight is 413 g/mol.